The normalized spacial score (nSPS) is 24.2. The first-order valence-corrected chi connectivity index (χ1v) is 11.1. The monoisotopic (exact) mass is 330 g/mol. The van der Waals surface area contributed by atoms with E-state index in [0.29, 0.717) is 6.54 Å². The number of carbonyl (C=O) groups is 1. The van der Waals surface area contributed by atoms with Crippen LogP contribution in [-0.2, 0) is 4.43 Å². The minimum absolute atomic E-state index is 0.0407. The van der Waals surface area contributed by atoms with Crippen molar-refractivity contribution in [1.82, 2.24) is 10.2 Å². The number of amides is 1. The van der Waals surface area contributed by atoms with Gasteiger partial charge in [-0.25, -0.2) is 4.79 Å². The second-order valence-electron chi connectivity index (χ2n) is 8.87. The van der Waals surface area contributed by atoms with Gasteiger partial charge < -0.3 is 14.8 Å². The van der Waals surface area contributed by atoms with Crippen molar-refractivity contribution < 1.29 is 14.3 Å². The minimum Gasteiger partial charge on any atom is -0.465 e. The molecular formula is C16H34N2O3Si. The maximum atomic E-state index is 11.7. The zero-order valence-corrected chi connectivity index (χ0v) is 16.5. The number of carboxylic acid groups (broad SMARTS) is 1. The van der Waals surface area contributed by atoms with E-state index in [1.54, 1.807) is 4.90 Å². The highest BCUT2D eigenvalue weighted by Crippen LogP contribution is 2.38. The van der Waals surface area contributed by atoms with Gasteiger partial charge in [-0.1, -0.05) is 20.8 Å². The highest BCUT2D eigenvalue weighted by molar-refractivity contribution is 6.74. The van der Waals surface area contributed by atoms with Gasteiger partial charge in [0.15, 0.2) is 8.32 Å². The maximum absolute atomic E-state index is 11.7. The topological polar surface area (TPSA) is 61.8 Å². The molecule has 0 aromatic heterocycles. The Morgan fingerprint density at radius 3 is 2.14 bits per heavy atom. The smallest absolute Gasteiger partial charge is 0.408 e. The van der Waals surface area contributed by atoms with Crippen molar-refractivity contribution in [3.05, 3.63) is 0 Å². The van der Waals surface area contributed by atoms with E-state index in [-0.39, 0.29) is 17.2 Å². The Hall–Kier alpha value is -0.593. The van der Waals surface area contributed by atoms with Crippen molar-refractivity contribution >= 4 is 14.4 Å². The Bertz CT molecular complexity index is 399. The molecule has 0 unspecified atom stereocenters. The van der Waals surface area contributed by atoms with Gasteiger partial charge in [0.05, 0.1) is 12.1 Å². The van der Waals surface area contributed by atoms with E-state index in [1.165, 1.54) is 0 Å². The summed E-state index contributed by atoms with van der Waals surface area (Å²) in [6, 6.07) is -0.0407. The number of piperidine rings is 1. The van der Waals surface area contributed by atoms with Gasteiger partial charge in [-0.3, -0.25) is 4.90 Å². The molecule has 0 aliphatic carbocycles. The zero-order valence-electron chi connectivity index (χ0n) is 15.5. The van der Waals surface area contributed by atoms with E-state index in [9.17, 15) is 9.90 Å². The lowest BCUT2D eigenvalue weighted by Gasteiger charge is -2.46. The Kier molecular flexibility index (Phi) is 5.74. The molecule has 2 atom stereocenters. The van der Waals surface area contributed by atoms with Crippen LogP contribution in [0.2, 0.25) is 18.1 Å². The summed E-state index contributed by atoms with van der Waals surface area (Å²) in [6.45, 7) is 18.5. The number of nitrogens with zero attached hydrogens (tertiary/aromatic N) is 1. The molecule has 1 saturated heterocycles. The largest absolute Gasteiger partial charge is 0.465 e. The fourth-order valence-corrected chi connectivity index (χ4v) is 4.12. The molecule has 1 amide bonds. The summed E-state index contributed by atoms with van der Waals surface area (Å²) in [5.74, 6) is 0. The standard InChI is InChI=1S/C16H34N2O3Si/c1-15(2,3)18(14(19)20)12-9-13(11-17-10-12)21-22(7,8)16(4,5)6/h12-13,17H,9-11H2,1-8H3,(H,19,20)/t12-,13+/m0/s1. The number of hydrogen-bond donors (Lipinski definition) is 2. The average Bonchev–Trinajstić information content (AvgIpc) is 2.24. The van der Waals surface area contributed by atoms with Gasteiger partial charge in [0.2, 0.25) is 0 Å². The Balaban J connectivity index is 2.82. The summed E-state index contributed by atoms with van der Waals surface area (Å²) in [5.41, 5.74) is -0.406. The van der Waals surface area contributed by atoms with Crippen LogP contribution in [-0.4, -0.2) is 55.2 Å². The zero-order chi connectivity index (χ0) is 17.3. The fraction of sp³-hybridized carbons (Fsp3) is 0.938. The molecule has 1 aliphatic rings. The third-order valence-electron chi connectivity index (χ3n) is 4.85. The van der Waals surface area contributed by atoms with E-state index in [4.69, 9.17) is 4.43 Å². The molecule has 1 fully saturated rings. The molecule has 0 bridgehead atoms. The molecule has 1 aliphatic heterocycles. The molecule has 0 spiro atoms. The maximum Gasteiger partial charge on any atom is 0.408 e. The van der Waals surface area contributed by atoms with E-state index in [0.717, 1.165) is 13.0 Å². The van der Waals surface area contributed by atoms with E-state index in [2.05, 4.69) is 39.2 Å². The molecular weight excluding hydrogens is 296 g/mol. The lowest BCUT2D eigenvalue weighted by Crippen LogP contribution is -2.60. The predicted octanol–water partition coefficient (Wildman–Crippen LogP) is 3.52. The summed E-state index contributed by atoms with van der Waals surface area (Å²) in [5, 5.41) is 13.1. The molecule has 2 N–H and O–H groups in total. The number of nitrogens with one attached hydrogen (secondary N) is 1. The van der Waals surface area contributed by atoms with Crippen LogP contribution in [0, 0.1) is 0 Å². The quantitative estimate of drug-likeness (QED) is 0.777. The summed E-state index contributed by atoms with van der Waals surface area (Å²) in [7, 11) is -1.84. The van der Waals surface area contributed by atoms with Gasteiger partial charge in [0.25, 0.3) is 0 Å². The van der Waals surface area contributed by atoms with Crippen molar-refractivity contribution in [3.8, 4) is 0 Å². The molecule has 0 aromatic carbocycles. The summed E-state index contributed by atoms with van der Waals surface area (Å²) in [4.78, 5) is 13.2. The second-order valence-corrected chi connectivity index (χ2v) is 13.6. The molecule has 0 saturated carbocycles. The van der Waals surface area contributed by atoms with Gasteiger partial charge >= 0.3 is 6.09 Å². The van der Waals surface area contributed by atoms with Crippen LogP contribution in [0.1, 0.15) is 48.0 Å². The highest BCUT2D eigenvalue weighted by atomic mass is 28.4. The summed E-state index contributed by atoms with van der Waals surface area (Å²) >= 11 is 0. The first-order chi connectivity index (χ1) is 9.75. The predicted molar refractivity (Wildman–Crippen MR) is 93.0 cm³/mol. The van der Waals surface area contributed by atoms with Crippen LogP contribution in [0.15, 0.2) is 0 Å². The summed E-state index contributed by atoms with van der Waals surface area (Å²) < 4.78 is 6.47. The van der Waals surface area contributed by atoms with Crippen LogP contribution in [0.25, 0.3) is 0 Å². The van der Waals surface area contributed by atoms with E-state index >= 15 is 0 Å². The Morgan fingerprint density at radius 1 is 1.18 bits per heavy atom. The second kappa shape index (κ2) is 6.49. The molecule has 22 heavy (non-hydrogen) atoms. The average molecular weight is 331 g/mol. The lowest BCUT2D eigenvalue weighted by molar-refractivity contribution is 0.0334. The van der Waals surface area contributed by atoms with Crippen molar-refractivity contribution in [1.29, 1.82) is 0 Å². The first kappa shape index (κ1) is 19.5. The molecule has 130 valence electrons. The lowest BCUT2D eigenvalue weighted by atomic mass is 9.97. The molecule has 0 aromatic rings. The summed E-state index contributed by atoms with van der Waals surface area (Å²) in [6.07, 6.45) is -0.000539. The Morgan fingerprint density at radius 2 is 1.73 bits per heavy atom. The molecule has 6 heteroatoms. The minimum atomic E-state index is -1.84. The van der Waals surface area contributed by atoms with Crippen LogP contribution in [0.4, 0.5) is 4.79 Å². The van der Waals surface area contributed by atoms with Crippen molar-refractivity contribution in [2.45, 2.75) is 83.8 Å². The van der Waals surface area contributed by atoms with E-state index < -0.39 is 19.9 Å². The van der Waals surface area contributed by atoms with Gasteiger partial charge in [-0.05, 0) is 45.3 Å². The van der Waals surface area contributed by atoms with Crippen LogP contribution < -0.4 is 5.32 Å². The highest BCUT2D eigenvalue weighted by Gasteiger charge is 2.42. The SMILES string of the molecule is CC(C)(C)N(C(=O)O)[C@@H]1CNC[C@H](O[Si](C)(C)C(C)(C)C)C1. The van der Waals surface area contributed by atoms with Gasteiger partial charge in [0, 0.05) is 18.6 Å². The van der Waals surface area contributed by atoms with Crippen molar-refractivity contribution in [2.24, 2.45) is 0 Å². The Labute approximate surface area is 136 Å². The third-order valence-corrected chi connectivity index (χ3v) is 9.38. The molecule has 1 heterocycles. The van der Waals surface area contributed by atoms with Crippen LogP contribution in [0.3, 0.4) is 0 Å². The molecule has 0 radical (unpaired) electrons. The third kappa shape index (κ3) is 4.70. The fourth-order valence-electron chi connectivity index (χ4n) is 2.75. The number of rotatable bonds is 3. The van der Waals surface area contributed by atoms with Crippen LogP contribution >= 0.6 is 0 Å². The van der Waals surface area contributed by atoms with Gasteiger partial charge in [0.1, 0.15) is 0 Å². The van der Waals surface area contributed by atoms with Gasteiger partial charge in [-0.2, -0.15) is 0 Å². The van der Waals surface area contributed by atoms with Crippen molar-refractivity contribution in [2.75, 3.05) is 13.1 Å². The van der Waals surface area contributed by atoms with E-state index in [1.807, 2.05) is 20.8 Å². The van der Waals surface area contributed by atoms with Gasteiger partial charge in [-0.15, -0.1) is 0 Å². The number of hydrogen-bond acceptors (Lipinski definition) is 3. The molecule has 5 nitrogen and oxygen atoms in total. The molecule has 1 rings (SSSR count). The van der Waals surface area contributed by atoms with Crippen LogP contribution in [0.5, 0.6) is 0 Å². The first-order valence-electron chi connectivity index (χ1n) is 8.16. The van der Waals surface area contributed by atoms with Crippen molar-refractivity contribution in [3.63, 3.8) is 0 Å².